The number of pyridine rings is 2. The molecule has 0 spiro atoms. The number of nitrogens with zero attached hydrogens (tertiary/aromatic N) is 4. The average Bonchev–Trinajstić information content (AvgIpc) is 3.77. The third-order valence-corrected chi connectivity index (χ3v) is 10.2. The number of benzene rings is 5. The molecule has 0 amide bonds. The van der Waals surface area contributed by atoms with E-state index in [4.69, 9.17) is 9.40 Å². The van der Waals surface area contributed by atoms with Crippen LogP contribution in [0, 0.1) is 0 Å². The third-order valence-electron chi connectivity index (χ3n) is 10.2. The van der Waals surface area contributed by atoms with Gasteiger partial charge in [-0.1, -0.05) is 80.6 Å². The smallest absolute Gasteiger partial charge is 0.150 e. The Balaban J connectivity index is 1.14. The van der Waals surface area contributed by atoms with Gasteiger partial charge < -0.3 is 4.42 Å². The highest BCUT2D eigenvalue weighted by Crippen LogP contribution is 2.53. The van der Waals surface area contributed by atoms with E-state index in [2.05, 4.69) is 64.5 Å². The van der Waals surface area contributed by atoms with Crippen LogP contribution in [-0.4, -0.2) is 14.4 Å². The topological polar surface area (TPSA) is 46.6 Å². The molecule has 0 aliphatic carbocycles. The number of anilines is 3. The van der Waals surface area contributed by atoms with Gasteiger partial charge >= 0.3 is 0 Å². The van der Waals surface area contributed by atoms with E-state index in [1.165, 1.54) is 0 Å². The number of rotatable bonds is 3. The van der Waals surface area contributed by atoms with E-state index in [9.17, 15) is 0 Å². The second kappa shape index (κ2) is 9.75. The summed E-state index contributed by atoms with van der Waals surface area (Å²) < 4.78 is 25.2. The molecule has 0 fully saturated rings. The second-order valence-electron chi connectivity index (χ2n) is 13.2. The largest absolute Gasteiger partial charge is 0.456 e. The molecule has 0 saturated heterocycles. The number of furan rings is 1. The van der Waals surface area contributed by atoms with Crippen LogP contribution in [0.4, 0.5) is 21.6 Å². The highest BCUT2D eigenvalue weighted by Gasteiger charge is 2.38. The fraction of sp³-hybridized carbons (Fsp3) is 0.0952. The van der Waals surface area contributed by atoms with Crippen LogP contribution in [0.5, 0.6) is 0 Å². The molecule has 9 aromatic rings. The maximum Gasteiger partial charge on any atom is 0.150 e. The first-order valence-corrected chi connectivity index (χ1v) is 16.2. The first-order valence-electron chi connectivity index (χ1n) is 16.2. The van der Waals surface area contributed by atoms with Gasteiger partial charge in [-0.25, -0.2) is 14.4 Å². The van der Waals surface area contributed by atoms with Gasteiger partial charge in [0.15, 0.2) is 6.17 Å². The van der Waals surface area contributed by atoms with Crippen LogP contribution in [0.1, 0.15) is 42.3 Å². The maximum absolute atomic E-state index is 16.8. The molecule has 0 saturated carbocycles. The standard InChI is InChI=1S/C42H29FN4O/c1-42(2)33-13-8-18-44-41(33)47(36-23-31-30-12-4-6-15-37(30)48-38(31)24-34(36)42)27-10-7-9-25(21-27)39(43)26-16-17-28-29-11-3-5-14-35(29)46-20-19-45-40(46)32(28)22-26/h3-24,39H,1-2H3. The van der Waals surface area contributed by atoms with Crippen molar-refractivity contribution in [3.05, 3.63) is 156 Å². The molecular formula is C42H29FN4O. The number of alkyl halides is 1. The maximum atomic E-state index is 16.8. The van der Waals surface area contributed by atoms with Gasteiger partial charge in [0.25, 0.3) is 0 Å². The monoisotopic (exact) mass is 624 g/mol. The van der Waals surface area contributed by atoms with E-state index in [1.807, 2.05) is 91.3 Å². The van der Waals surface area contributed by atoms with E-state index in [0.29, 0.717) is 11.1 Å². The Kier molecular flexibility index (Phi) is 5.51. The zero-order valence-electron chi connectivity index (χ0n) is 26.4. The highest BCUT2D eigenvalue weighted by molar-refractivity contribution is 6.12. The Morgan fingerprint density at radius 1 is 0.646 bits per heavy atom. The first-order chi connectivity index (χ1) is 23.5. The molecule has 1 aliphatic heterocycles. The third kappa shape index (κ3) is 3.71. The summed E-state index contributed by atoms with van der Waals surface area (Å²) >= 11 is 0. The molecule has 0 N–H and O–H groups in total. The van der Waals surface area contributed by atoms with Gasteiger partial charge in [0.1, 0.15) is 22.6 Å². The predicted molar refractivity (Wildman–Crippen MR) is 191 cm³/mol. The van der Waals surface area contributed by atoms with Crippen molar-refractivity contribution in [3.8, 4) is 0 Å². The van der Waals surface area contributed by atoms with Crippen molar-refractivity contribution >= 4 is 66.5 Å². The van der Waals surface area contributed by atoms with Crippen molar-refractivity contribution in [1.29, 1.82) is 0 Å². The Morgan fingerprint density at radius 2 is 1.48 bits per heavy atom. The molecule has 5 aromatic carbocycles. The van der Waals surface area contributed by atoms with Gasteiger partial charge in [-0.15, -0.1) is 0 Å². The van der Waals surface area contributed by atoms with Crippen LogP contribution < -0.4 is 4.90 Å². The predicted octanol–water partition coefficient (Wildman–Crippen LogP) is 11.1. The summed E-state index contributed by atoms with van der Waals surface area (Å²) in [6.45, 7) is 4.46. The van der Waals surface area contributed by atoms with Crippen molar-refractivity contribution in [2.75, 3.05) is 4.90 Å². The number of para-hydroxylation sites is 2. The molecule has 10 rings (SSSR count). The molecule has 230 valence electrons. The normalized spacial score (nSPS) is 14.6. The molecule has 5 nitrogen and oxygen atoms in total. The lowest BCUT2D eigenvalue weighted by Gasteiger charge is -2.41. The number of fused-ring (bicyclic) bond motifs is 11. The highest BCUT2D eigenvalue weighted by atomic mass is 19.1. The number of aromatic nitrogens is 3. The zero-order chi connectivity index (χ0) is 32.1. The molecule has 6 heteroatoms. The number of imidazole rings is 1. The van der Waals surface area contributed by atoms with Crippen LogP contribution >= 0.6 is 0 Å². The van der Waals surface area contributed by atoms with E-state index < -0.39 is 6.17 Å². The van der Waals surface area contributed by atoms with E-state index in [0.717, 1.165) is 77.6 Å². The molecule has 1 unspecified atom stereocenters. The van der Waals surface area contributed by atoms with Gasteiger partial charge in [0, 0.05) is 56.8 Å². The summed E-state index contributed by atoms with van der Waals surface area (Å²) in [5, 5.41) is 5.20. The molecule has 1 aliphatic rings. The minimum atomic E-state index is -1.35. The lowest BCUT2D eigenvalue weighted by atomic mass is 9.74. The SMILES string of the molecule is CC1(C)c2cc3oc4ccccc4c3cc2N(c2cccc(C(F)c3ccc4c5ccccc5n5ccnc5c4c3)c2)c2ncccc21. The molecular weight excluding hydrogens is 595 g/mol. The Bertz CT molecular complexity index is 2760. The number of halogens is 1. The minimum absolute atomic E-state index is 0.337. The summed E-state index contributed by atoms with van der Waals surface area (Å²) in [7, 11) is 0. The van der Waals surface area contributed by atoms with Gasteiger partial charge in [0.05, 0.1) is 11.2 Å². The van der Waals surface area contributed by atoms with Crippen molar-refractivity contribution in [1.82, 2.24) is 14.4 Å². The lowest BCUT2D eigenvalue weighted by Crippen LogP contribution is -2.31. The number of hydrogen-bond acceptors (Lipinski definition) is 4. The second-order valence-corrected chi connectivity index (χ2v) is 13.2. The Labute approximate surface area is 275 Å². The van der Waals surface area contributed by atoms with Crippen LogP contribution in [0.15, 0.2) is 138 Å². The lowest BCUT2D eigenvalue weighted by molar-refractivity contribution is 0.402. The van der Waals surface area contributed by atoms with Crippen LogP contribution in [0.25, 0.3) is 49.3 Å². The van der Waals surface area contributed by atoms with Gasteiger partial charge in [-0.3, -0.25) is 9.30 Å². The zero-order valence-corrected chi connectivity index (χ0v) is 26.4. The van der Waals surface area contributed by atoms with Gasteiger partial charge in [-0.2, -0.15) is 0 Å². The number of hydrogen-bond donors (Lipinski definition) is 0. The summed E-state index contributed by atoms with van der Waals surface area (Å²) in [6, 6.07) is 38.6. The van der Waals surface area contributed by atoms with Gasteiger partial charge in [-0.05, 0) is 70.6 Å². The van der Waals surface area contributed by atoms with Crippen molar-refractivity contribution in [2.45, 2.75) is 25.4 Å². The summed E-state index contributed by atoms with van der Waals surface area (Å²) in [6.07, 6.45) is 4.24. The van der Waals surface area contributed by atoms with Crippen molar-refractivity contribution < 1.29 is 8.81 Å². The van der Waals surface area contributed by atoms with E-state index in [1.54, 1.807) is 6.20 Å². The van der Waals surface area contributed by atoms with E-state index in [-0.39, 0.29) is 5.41 Å². The summed E-state index contributed by atoms with van der Waals surface area (Å²) in [4.78, 5) is 11.7. The molecule has 48 heavy (non-hydrogen) atoms. The average molecular weight is 625 g/mol. The molecule has 4 aromatic heterocycles. The Hall–Kier alpha value is -6.01. The van der Waals surface area contributed by atoms with Crippen molar-refractivity contribution in [3.63, 3.8) is 0 Å². The summed E-state index contributed by atoms with van der Waals surface area (Å²) in [5.74, 6) is 0.842. The Morgan fingerprint density at radius 3 is 2.40 bits per heavy atom. The quantitative estimate of drug-likeness (QED) is 0.184. The van der Waals surface area contributed by atoms with Crippen LogP contribution in [0.2, 0.25) is 0 Å². The fourth-order valence-electron chi connectivity index (χ4n) is 7.79. The molecule has 0 radical (unpaired) electrons. The first kappa shape index (κ1) is 27.1. The van der Waals surface area contributed by atoms with Crippen LogP contribution in [-0.2, 0) is 5.41 Å². The van der Waals surface area contributed by atoms with E-state index >= 15 is 4.39 Å². The molecule has 0 bridgehead atoms. The minimum Gasteiger partial charge on any atom is -0.456 e. The molecule has 5 heterocycles. The molecule has 1 atom stereocenters. The van der Waals surface area contributed by atoms with Crippen LogP contribution in [0.3, 0.4) is 0 Å². The fourth-order valence-corrected chi connectivity index (χ4v) is 7.79. The van der Waals surface area contributed by atoms with Crippen molar-refractivity contribution in [2.24, 2.45) is 0 Å². The summed E-state index contributed by atoms with van der Waals surface area (Å²) in [5.41, 5.74) is 8.51. The van der Waals surface area contributed by atoms with Gasteiger partial charge in [0.2, 0.25) is 0 Å².